The molecular formula is C17H25FIN5O. The molecule has 1 heterocycles. The number of nitrogens with one attached hydrogen (secondary N) is 2. The number of aromatic nitrogens is 2. The molecule has 0 unspecified atom stereocenters. The van der Waals surface area contributed by atoms with Gasteiger partial charge in [0, 0.05) is 25.4 Å². The van der Waals surface area contributed by atoms with Gasteiger partial charge in [-0.2, -0.15) is 4.98 Å². The normalized spacial score (nSPS) is 11.8. The second kappa shape index (κ2) is 9.69. The van der Waals surface area contributed by atoms with Gasteiger partial charge in [0.05, 0.1) is 0 Å². The molecule has 1 aromatic carbocycles. The average Bonchev–Trinajstić information content (AvgIpc) is 2.95. The number of hydrogen-bond donors (Lipinski definition) is 2. The van der Waals surface area contributed by atoms with Gasteiger partial charge >= 0.3 is 0 Å². The molecule has 0 aliphatic heterocycles. The Labute approximate surface area is 164 Å². The Morgan fingerprint density at radius 3 is 2.68 bits per heavy atom. The van der Waals surface area contributed by atoms with Crippen LogP contribution in [0.15, 0.2) is 33.8 Å². The number of nitrogens with zero attached hydrogens (tertiary/aromatic N) is 3. The van der Waals surface area contributed by atoms with Crippen LogP contribution in [0.25, 0.3) is 0 Å². The van der Waals surface area contributed by atoms with Crippen LogP contribution in [0, 0.1) is 12.7 Å². The van der Waals surface area contributed by atoms with Crippen molar-refractivity contribution in [2.75, 3.05) is 13.1 Å². The smallest absolute Gasteiger partial charge is 0.223 e. The van der Waals surface area contributed by atoms with E-state index >= 15 is 0 Å². The minimum atomic E-state index is -0.249. The molecule has 2 rings (SSSR count). The molecule has 0 fully saturated rings. The molecule has 0 spiro atoms. The summed E-state index contributed by atoms with van der Waals surface area (Å²) in [6.07, 6.45) is 0. The summed E-state index contributed by atoms with van der Waals surface area (Å²) in [5.74, 6) is 1.48. The Balaban J connectivity index is 0.00000312. The summed E-state index contributed by atoms with van der Waals surface area (Å²) < 4.78 is 18.4. The second-order valence-corrected chi connectivity index (χ2v) is 6.17. The first-order chi connectivity index (χ1) is 11.4. The van der Waals surface area contributed by atoms with E-state index in [-0.39, 0.29) is 35.2 Å². The fourth-order valence-corrected chi connectivity index (χ4v) is 2.21. The van der Waals surface area contributed by atoms with E-state index in [1.807, 2.05) is 13.0 Å². The highest BCUT2D eigenvalue weighted by Gasteiger charge is 2.21. The van der Waals surface area contributed by atoms with Gasteiger partial charge < -0.3 is 15.2 Å². The zero-order valence-electron chi connectivity index (χ0n) is 15.0. The van der Waals surface area contributed by atoms with Crippen LogP contribution in [0.1, 0.15) is 38.0 Å². The quantitative estimate of drug-likeness (QED) is 0.393. The van der Waals surface area contributed by atoms with Crippen molar-refractivity contribution in [3.63, 3.8) is 0 Å². The van der Waals surface area contributed by atoms with E-state index in [9.17, 15) is 4.39 Å². The van der Waals surface area contributed by atoms with Gasteiger partial charge in [-0.05, 0) is 24.6 Å². The molecule has 0 amide bonds. The SMILES string of the molecule is CCNC(=NCc1noc(C)n1)NCC(C)(C)c1cccc(F)c1.I. The molecular weight excluding hydrogens is 436 g/mol. The predicted molar refractivity (Wildman–Crippen MR) is 107 cm³/mol. The molecule has 8 heteroatoms. The third-order valence-corrected chi connectivity index (χ3v) is 3.60. The molecule has 0 aliphatic rings. The van der Waals surface area contributed by atoms with Gasteiger partial charge in [-0.1, -0.05) is 31.1 Å². The van der Waals surface area contributed by atoms with E-state index < -0.39 is 0 Å². The van der Waals surface area contributed by atoms with Crippen LogP contribution in [0.3, 0.4) is 0 Å². The van der Waals surface area contributed by atoms with Crippen molar-refractivity contribution in [1.82, 2.24) is 20.8 Å². The number of hydrogen-bond acceptors (Lipinski definition) is 4. The standard InChI is InChI=1S/C17H24FN5O.HI/c1-5-19-16(20-10-15-22-12(2)24-23-15)21-11-17(3,4)13-7-6-8-14(18)9-13;/h6-9H,5,10-11H2,1-4H3,(H2,19,20,21);1H. The molecule has 25 heavy (non-hydrogen) atoms. The number of aliphatic imine (C=N–C) groups is 1. The molecule has 2 N–H and O–H groups in total. The third-order valence-electron chi connectivity index (χ3n) is 3.60. The molecule has 1 aromatic heterocycles. The average molecular weight is 461 g/mol. The zero-order valence-corrected chi connectivity index (χ0v) is 17.3. The Morgan fingerprint density at radius 1 is 1.32 bits per heavy atom. The van der Waals surface area contributed by atoms with Gasteiger partial charge in [-0.3, -0.25) is 0 Å². The van der Waals surface area contributed by atoms with Crippen molar-refractivity contribution in [3.8, 4) is 0 Å². The van der Waals surface area contributed by atoms with Gasteiger partial charge in [0.2, 0.25) is 5.89 Å². The monoisotopic (exact) mass is 461 g/mol. The Hall–Kier alpha value is -1.71. The molecule has 0 atom stereocenters. The number of rotatable bonds is 6. The lowest BCUT2D eigenvalue weighted by Gasteiger charge is -2.26. The van der Waals surface area contributed by atoms with Gasteiger partial charge in [0.15, 0.2) is 11.8 Å². The fraction of sp³-hybridized carbons (Fsp3) is 0.471. The highest BCUT2D eigenvalue weighted by atomic mass is 127. The summed E-state index contributed by atoms with van der Waals surface area (Å²) in [6.45, 7) is 9.51. The van der Waals surface area contributed by atoms with E-state index in [0.29, 0.717) is 30.8 Å². The zero-order chi connectivity index (χ0) is 17.6. The van der Waals surface area contributed by atoms with Crippen molar-refractivity contribution in [3.05, 3.63) is 47.4 Å². The maximum atomic E-state index is 13.4. The van der Waals surface area contributed by atoms with Gasteiger partial charge in [0.25, 0.3) is 0 Å². The number of aryl methyl sites for hydroxylation is 1. The fourth-order valence-electron chi connectivity index (χ4n) is 2.21. The predicted octanol–water partition coefficient (Wildman–Crippen LogP) is 3.17. The summed E-state index contributed by atoms with van der Waals surface area (Å²) in [6, 6.07) is 6.67. The van der Waals surface area contributed by atoms with Crippen LogP contribution < -0.4 is 10.6 Å². The topological polar surface area (TPSA) is 75.3 Å². The van der Waals surface area contributed by atoms with Crippen molar-refractivity contribution in [2.24, 2.45) is 4.99 Å². The van der Waals surface area contributed by atoms with E-state index in [1.54, 1.807) is 19.1 Å². The Morgan fingerprint density at radius 2 is 2.08 bits per heavy atom. The van der Waals surface area contributed by atoms with E-state index in [2.05, 4.69) is 39.6 Å². The minimum absolute atomic E-state index is 0. The third kappa shape index (κ3) is 6.60. The van der Waals surface area contributed by atoms with Gasteiger partial charge in [-0.15, -0.1) is 24.0 Å². The summed E-state index contributed by atoms with van der Waals surface area (Å²) in [5, 5.41) is 10.3. The first-order valence-electron chi connectivity index (χ1n) is 7.98. The van der Waals surface area contributed by atoms with Crippen molar-refractivity contribution in [1.29, 1.82) is 0 Å². The van der Waals surface area contributed by atoms with E-state index in [4.69, 9.17) is 4.52 Å². The van der Waals surface area contributed by atoms with Crippen LogP contribution in [-0.4, -0.2) is 29.2 Å². The van der Waals surface area contributed by atoms with Crippen LogP contribution in [0.4, 0.5) is 4.39 Å². The van der Waals surface area contributed by atoms with E-state index in [0.717, 1.165) is 12.1 Å². The lowest BCUT2D eigenvalue weighted by atomic mass is 9.84. The molecule has 0 aliphatic carbocycles. The van der Waals surface area contributed by atoms with Gasteiger partial charge in [0.1, 0.15) is 12.4 Å². The highest BCUT2D eigenvalue weighted by molar-refractivity contribution is 14.0. The van der Waals surface area contributed by atoms with Crippen LogP contribution in [0.5, 0.6) is 0 Å². The van der Waals surface area contributed by atoms with Crippen LogP contribution >= 0.6 is 24.0 Å². The molecule has 0 saturated heterocycles. The number of guanidine groups is 1. The van der Waals surface area contributed by atoms with Crippen LogP contribution in [-0.2, 0) is 12.0 Å². The summed E-state index contributed by atoms with van der Waals surface area (Å²) >= 11 is 0. The minimum Gasteiger partial charge on any atom is -0.357 e. The molecule has 6 nitrogen and oxygen atoms in total. The van der Waals surface area contributed by atoms with Gasteiger partial charge in [-0.25, -0.2) is 9.38 Å². The summed E-state index contributed by atoms with van der Waals surface area (Å²) in [7, 11) is 0. The largest absolute Gasteiger partial charge is 0.357 e. The number of halogens is 2. The van der Waals surface area contributed by atoms with Crippen molar-refractivity contribution >= 4 is 29.9 Å². The second-order valence-electron chi connectivity index (χ2n) is 6.17. The maximum Gasteiger partial charge on any atom is 0.223 e. The molecule has 138 valence electrons. The summed E-state index contributed by atoms with van der Waals surface area (Å²) in [5.41, 5.74) is 0.681. The molecule has 0 radical (unpaired) electrons. The molecule has 0 bridgehead atoms. The molecule has 0 saturated carbocycles. The Kier molecular flexibility index (Phi) is 8.27. The lowest BCUT2D eigenvalue weighted by Crippen LogP contribution is -2.43. The van der Waals surface area contributed by atoms with E-state index in [1.165, 1.54) is 6.07 Å². The highest BCUT2D eigenvalue weighted by Crippen LogP contribution is 2.22. The number of benzene rings is 1. The first-order valence-corrected chi connectivity index (χ1v) is 7.98. The Bertz CT molecular complexity index is 702. The summed E-state index contributed by atoms with van der Waals surface area (Å²) in [4.78, 5) is 8.57. The lowest BCUT2D eigenvalue weighted by molar-refractivity contribution is 0.387. The maximum absolute atomic E-state index is 13.4. The first kappa shape index (κ1) is 21.3. The molecule has 2 aromatic rings. The van der Waals surface area contributed by atoms with Crippen molar-refractivity contribution in [2.45, 2.75) is 39.7 Å². The van der Waals surface area contributed by atoms with Crippen LogP contribution in [0.2, 0.25) is 0 Å². The van der Waals surface area contributed by atoms with Crippen molar-refractivity contribution < 1.29 is 8.91 Å².